The smallest absolute Gasteiger partial charge is 0.225 e. The lowest BCUT2D eigenvalue weighted by atomic mass is 9.87. The number of nitriles is 1. The van der Waals surface area contributed by atoms with Crippen LogP contribution in [0.2, 0.25) is 10.0 Å². The number of nitrogens with one attached hydrogen (secondary N) is 1. The average Bonchev–Trinajstić information content (AvgIpc) is 2.38. The van der Waals surface area contributed by atoms with E-state index in [9.17, 15) is 10.1 Å². The molecule has 0 bridgehead atoms. The van der Waals surface area contributed by atoms with Crippen molar-refractivity contribution in [2.45, 2.75) is 19.3 Å². The first-order chi connectivity index (χ1) is 9.56. The molecule has 3 nitrogen and oxygen atoms in total. The van der Waals surface area contributed by atoms with Gasteiger partial charge in [-0.2, -0.15) is 5.26 Å². The third kappa shape index (κ3) is 3.12. The van der Waals surface area contributed by atoms with E-state index < -0.39 is 0 Å². The number of allylic oxidation sites excluding steroid dienone is 1. The number of hydrogen-bond donors (Lipinski definition) is 1. The van der Waals surface area contributed by atoms with E-state index in [1.54, 1.807) is 18.2 Å². The molecule has 0 unspecified atom stereocenters. The van der Waals surface area contributed by atoms with Crippen LogP contribution in [-0.4, -0.2) is 11.7 Å². The highest BCUT2D eigenvalue weighted by atomic mass is 35.5. The molecule has 0 saturated carbocycles. The molecule has 1 heterocycles. The lowest BCUT2D eigenvalue weighted by molar-refractivity contribution is -0.120. The molecule has 1 N–H and O–H groups in total. The van der Waals surface area contributed by atoms with Gasteiger partial charge in [-0.15, -0.1) is 11.8 Å². The molecule has 1 amide bonds. The summed E-state index contributed by atoms with van der Waals surface area (Å²) in [6.45, 7) is 1.97. The van der Waals surface area contributed by atoms with Crippen LogP contribution in [0.1, 0.15) is 24.8 Å². The molecule has 0 aromatic heterocycles. The van der Waals surface area contributed by atoms with Crippen LogP contribution in [0, 0.1) is 11.3 Å². The van der Waals surface area contributed by atoms with Gasteiger partial charge in [0.05, 0.1) is 16.7 Å². The van der Waals surface area contributed by atoms with Gasteiger partial charge in [0.1, 0.15) is 0 Å². The van der Waals surface area contributed by atoms with Crippen LogP contribution in [0.15, 0.2) is 28.8 Å². The second-order valence-corrected chi connectivity index (χ2v) is 6.38. The van der Waals surface area contributed by atoms with Gasteiger partial charge in [0.25, 0.3) is 0 Å². The van der Waals surface area contributed by atoms with Crippen LogP contribution in [-0.2, 0) is 4.79 Å². The summed E-state index contributed by atoms with van der Waals surface area (Å²) >= 11 is 13.5. The Morgan fingerprint density at radius 1 is 1.50 bits per heavy atom. The molecule has 0 aliphatic carbocycles. The number of nitrogens with zero attached hydrogens (tertiary/aromatic N) is 1. The minimum Gasteiger partial charge on any atom is -0.320 e. The van der Waals surface area contributed by atoms with Crippen molar-refractivity contribution in [1.29, 1.82) is 5.26 Å². The zero-order valence-electron chi connectivity index (χ0n) is 10.7. The first-order valence-corrected chi connectivity index (χ1v) is 7.82. The van der Waals surface area contributed by atoms with Crippen molar-refractivity contribution in [1.82, 2.24) is 5.32 Å². The summed E-state index contributed by atoms with van der Waals surface area (Å²) in [5.74, 6) is 0.366. The topological polar surface area (TPSA) is 52.9 Å². The minimum absolute atomic E-state index is 0.101. The maximum Gasteiger partial charge on any atom is 0.225 e. The largest absolute Gasteiger partial charge is 0.320 e. The number of carbonyl (C=O) groups is 1. The number of carbonyl (C=O) groups excluding carboxylic acids is 1. The SMILES string of the molecule is CCSC1=C(C#N)[C@H](c2ccc(Cl)cc2Cl)CC(=O)N1. The van der Waals surface area contributed by atoms with E-state index in [-0.39, 0.29) is 18.2 Å². The van der Waals surface area contributed by atoms with Gasteiger partial charge < -0.3 is 5.32 Å². The zero-order valence-corrected chi connectivity index (χ0v) is 13.1. The Morgan fingerprint density at radius 3 is 2.85 bits per heavy atom. The molecule has 104 valence electrons. The Balaban J connectivity index is 2.50. The van der Waals surface area contributed by atoms with E-state index in [1.165, 1.54) is 11.8 Å². The van der Waals surface area contributed by atoms with E-state index in [1.807, 2.05) is 6.92 Å². The molecule has 20 heavy (non-hydrogen) atoms. The second-order valence-electron chi connectivity index (χ2n) is 4.26. The molecule has 1 aromatic rings. The van der Waals surface area contributed by atoms with E-state index in [0.717, 1.165) is 11.3 Å². The monoisotopic (exact) mass is 326 g/mol. The van der Waals surface area contributed by atoms with Crippen LogP contribution in [0.3, 0.4) is 0 Å². The van der Waals surface area contributed by atoms with E-state index >= 15 is 0 Å². The van der Waals surface area contributed by atoms with E-state index in [0.29, 0.717) is 20.6 Å². The molecule has 0 fully saturated rings. The van der Waals surface area contributed by atoms with Crippen molar-refractivity contribution in [2.75, 3.05) is 5.75 Å². The van der Waals surface area contributed by atoms with Crippen LogP contribution in [0.4, 0.5) is 0 Å². The van der Waals surface area contributed by atoms with Gasteiger partial charge in [-0.05, 0) is 23.4 Å². The molecule has 0 saturated heterocycles. The Bertz CT molecular complexity index is 622. The van der Waals surface area contributed by atoms with Crippen molar-refractivity contribution in [3.63, 3.8) is 0 Å². The number of halogens is 2. The minimum atomic E-state index is -0.312. The lowest BCUT2D eigenvalue weighted by Crippen LogP contribution is -2.31. The predicted molar refractivity (Wildman–Crippen MR) is 82.7 cm³/mol. The molecule has 1 aliphatic rings. The van der Waals surface area contributed by atoms with Crippen LogP contribution in [0.5, 0.6) is 0 Å². The summed E-state index contributed by atoms with van der Waals surface area (Å²) in [6.07, 6.45) is 0.220. The predicted octanol–water partition coefficient (Wildman–Crippen LogP) is 4.09. The Labute approximate surface area is 131 Å². The molecule has 1 aromatic carbocycles. The van der Waals surface area contributed by atoms with Crippen molar-refractivity contribution < 1.29 is 4.79 Å². The summed E-state index contributed by atoms with van der Waals surface area (Å²) in [7, 11) is 0. The van der Waals surface area contributed by atoms with Gasteiger partial charge in [-0.25, -0.2) is 0 Å². The fraction of sp³-hybridized carbons (Fsp3) is 0.286. The molecule has 6 heteroatoms. The van der Waals surface area contributed by atoms with Gasteiger partial charge in [0.15, 0.2) is 0 Å². The van der Waals surface area contributed by atoms with Crippen molar-refractivity contribution in [3.05, 3.63) is 44.4 Å². The number of hydrogen-bond acceptors (Lipinski definition) is 3. The summed E-state index contributed by atoms with van der Waals surface area (Å²) in [5, 5.41) is 13.8. The maximum absolute atomic E-state index is 11.8. The Hall–Kier alpha value is -1.15. The van der Waals surface area contributed by atoms with E-state index in [2.05, 4.69) is 11.4 Å². The maximum atomic E-state index is 11.8. The first kappa shape index (κ1) is 15.2. The molecular weight excluding hydrogens is 315 g/mol. The second kappa shape index (κ2) is 6.53. The zero-order chi connectivity index (χ0) is 14.7. The van der Waals surface area contributed by atoms with Gasteiger partial charge in [-0.1, -0.05) is 36.2 Å². The highest BCUT2D eigenvalue weighted by Gasteiger charge is 2.30. The summed E-state index contributed by atoms with van der Waals surface area (Å²) in [4.78, 5) is 11.8. The summed E-state index contributed by atoms with van der Waals surface area (Å²) in [5.41, 5.74) is 1.32. The van der Waals surface area contributed by atoms with Crippen molar-refractivity contribution in [3.8, 4) is 6.07 Å². The molecule has 1 atom stereocenters. The average molecular weight is 327 g/mol. The first-order valence-electron chi connectivity index (χ1n) is 6.08. The molecule has 2 rings (SSSR count). The summed E-state index contributed by atoms with van der Waals surface area (Å²) < 4.78 is 0. The van der Waals surface area contributed by atoms with Crippen LogP contribution in [0.25, 0.3) is 0 Å². The molecule has 0 radical (unpaired) electrons. The number of thioether (sulfide) groups is 1. The van der Waals surface area contributed by atoms with Crippen molar-refractivity contribution in [2.24, 2.45) is 0 Å². The fourth-order valence-corrected chi connectivity index (χ4v) is 3.49. The lowest BCUT2D eigenvalue weighted by Gasteiger charge is -2.25. The quantitative estimate of drug-likeness (QED) is 0.910. The highest BCUT2D eigenvalue weighted by molar-refractivity contribution is 8.03. The van der Waals surface area contributed by atoms with Crippen molar-refractivity contribution >= 4 is 40.9 Å². The highest BCUT2D eigenvalue weighted by Crippen LogP contribution is 2.39. The molecule has 1 aliphatic heterocycles. The normalized spacial score (nSPS) is 18.7. The molecule has 0 spiro atoms. The fourth-order valence-electron chi connectivity index (χ4n) is 2.13. The third-order valence-corrected chi connectivity index (χ3v) is 4.44. The van der Waals surface area contributed by atoms with Crippen LogP contribution >= 0.6 is 35.0 Å². The Kier molecular flexibility index (Phi) is 4.98. The standard InChI is InChI=1S/C14H12Cl2N2OS/c1-2-20-14-11(7-17)10(6-13(19)18-14)9-4-3-8(15)5-12(9)16/h3-5,10H,2,6H2,1H3,(H,18,19)/t10-/m0/s1. The third-order valence-electron chi connectivity index (χ3n) is 2.98. The van der Waals surface area contributed by atoms with Gasteiger partial charge in [0, 0.05) is 22.4 Å². The number of rotatable bonds is 3. The number of amides is 1. The number of benzene rings is 1. The van der Waals surface area contributed by atoms with Gasteiger partial charge in [0.2, 0.25) is 5.91 Å². The van der Waals surface area contributed by atoms with Gasteiger partial charge >= 0.3 is 0 Å². The Morgan fingerprint density at radius 2 is 2.25 bits per heavy atom. The van der Waals surface area contributed by atoms with E-state index in [4.69, 9.17) is 23.2 Å². The summed E-state index contributed by atoms with van der Waals surface area (Å²) in [6, 6.07) is 7.33. The molecular formula is C14H12Cl2N2OS. The van der Waals surface area contributed by atoms with Crippen LogP contribution < -0.4 is 5.32 Å². The van der Waals surface area contributed by atoms with Gasteiger partial charge in [-0.3, -0.25) is 4.79 Å².